The Morgan fingerprint density at radius 2 is 2.33 bits per heavy atom. The van der Waals surface area contributed by atoms with Crippen molar-refractivity contribution in [2.24, 2.45) is 5.11 Å². The Morgan fingerprint density at radius 1 is 1.54 bits per heavy atom. The predicted molar refractivity (Wildman–Crippen MR) is 88.2 cm³/mol. The van der Waals surface area contributed by atoms with Gasteiger partial charge in [0.1, 0.15) is 9.75 Å². The van der Waals surface area contributed by atoms with Gasteiger partial charge < -0.3 is 9.15 Å². The lowest BCUT2D eigenvalue weighted by Gasteiger charge is -2.04. The fourth-order valence-electron chi connectivity index (χ4n) is 2.42. The zero-order valence-corrected chi connectivity index (χ0v) is 13.5. The van der Waals surface area contributed by atoms with Crippen molar-refractivity contribution in [1.82, 2.24) is 4.98 Å². The fourth-order valence-corrected chi connectivity index (χ4v) is 3.58. The lowest BCUT2D eigenvalue weighted by Crippen LogP contribution is -1.91. The summed E-state index contributed by atoms with van der Waals surface area (Å²) in [7, 11) is 1.57. The van der Waals surface area contributed by atoms with Crippen LogP contribution >= 0.6 is 11.3 Å². The van der Waals surface area contributed by atoms with E-state index >= 15 is 0 Å². The van der Waals surface area contributed by atoms with Gasteiger partial charge in [-0.05, 0) is 30.2 Å². The molecule has 0 saturated heterocycles. The average Bonchev–Trinajstić information content (AvgIpc) is 3.13. The van der Waals surface area contributed by atoms with Crippen molar-refractivity contribution >= 4 is 33.1 Å². The monoisotopic (exact) mass is 345 g/mol. The van der Waals surface area contributed by atoms with Crippen LogP contribution in [0.3, 0.4) is 0 Å². The van der Waals surface area contributed by atoms with Gasteiger partial charge in [0.15, 0.2) is 5.76 Å². The third-order valence-corrected chi connectivity index (χ3v) is 4.37. The highest BCUT2D eigenvalue weighted by Crippen LogP contribution is 2.46. The molecular weight excluding hydrogens is 334 g/mol. The van der Waals surface area contributed by atoms with E-state index < -0.39 is 4.92 Å². The molecule has 0 radical (unpaired) electrons. The molecule has 24 heavy (non-hydrogen) atoms. The molecule has 0 unspecified atom stereocenters. The molecule has 0 N–H and O–H groups in total. The van der Waals surface area contributed by atoms with Gasteiger partial charge in [-0.15, -0.1) is 11.3 Å². The summed E-state index contributed by atoms with van der Waals surface area (Å²) in [5.74, 6) is -0.122. The highest BCUT2D eigenvalue weighted by Gasteiger charge is 2.22. The van der Waals surface area contributed by atoms with Crippen LogP contribution in [0.15, 0.2) is 27.7 Å². The first kappa shape index (κ1) is 15.9. The Labute approximate surface area is 139 Å². The highest BCUT2D eigenvalue weighted by atomic mass is 32.1. The maximum atomic E-state index is 10.8. The standard InChI is InChI=1S/C14H11N5O4S/c1-7-5-8(6-22-2)11-12(17-18-15)13(24-14(11)16-7)9-3-4-10(23-9)19(20)21/h3-5H,6H2,1-2H3. The molecule has 0 amide bonds. The highest BCUT2D eigenvalue weighted by molar-refractivity contribution is 7.22. The van der Waals surface area contributed by atoms with Crippen molar-refractivity contribution in [2.75, 3.05) is 7.11 Å². The molecule has 0 spiro atoms. The molecule has 0 aliphatic heterocycles. The second kappa shape index (κ2) is 6.28. The van der Waals surface area contributed by atoms with Crippen molar-refractivity contribution < 1.29 is 14.1 Å². The van der Waals surface area contributed by atoms with Crippen LogP contribution < -0.4 is 0 Å². The number of aryl methyl sites for hydroxylation is 1. The first-order valence-corrected chi connectivity index (χ1v) is 7.58. The van der Waals surface area contributed by atoms with Crippen LogP contribution in [-0.4, -0.2) is 17.0 Å². The summed E-state index contributed by atoms with van der Waals surface area (Å²) in [6.07, 6.45) is 0. The number of hydrogen-bond acceptors (Lipinski definition) is 7. The predicted octanol–water partition coefficient (Wildman–Crippen LogP) is 4.86. The summed E-state index contributed by atoms with van der Waals surface area (Å²) in [5.41, 5.74) is 10.9. The molecule has 0 aromatic carbocycles. The second-order valence-electron chi connectivity index (χ2n) is 4.90. The largest absolute Gasteiger partial charge is 0.433 e. The van der Waals surface area contributed by atoms with Gasteiger partial charge in [0.05, 0.1) is 23.2 Å². The van der Waals surface area contributed by atoms with E-state index in [1.165, 1.54) is 23.5 Å². The number of furan rings is 1. The van der Waals surface area contributed by atoms with Crippen LogP contribution in [0.1, 0.15) is 11.3 Å². The maximum absolute atomic E-state index is 10.8. The number of rotatable bonds is 5. The Bertz CT molecular complexity index is 987. The van der Waals surface area contributed by atoms with Crippen LogP contribution in [0.2, 0.25) is 0 Å². The van der Waals surface area contributed by atoms with E-state index in [0.29, 0.717) is 27.4 Å². The van der Waals surface area contributed by atoms with Gasteiger partial charge in [0.25, 0.3) is 0 Å². The number of azide groups is 1. The Hall–Kier alpha value is -2.94. The smallest absolute Gasteiger partial charge is 0.400 e. The van der Waals surface area contributed by atoms with E-state index in [1.807, 2.05) is 13.0 Å². The SMILES string of the molecule is COCc1cc(C)nc2sc(-c3ccc([N+](=O)[O-])o3)c(N=[N+]=[N-])c12. The van der Waals surface area contributed by atoms with Gasteiger partial charge in [-0.1, -0.05) is 5.11 Å². The van der Waals surface area contributed by atoms with E-state index in [9.17, 15) is 10.1 Å². The fraction of sp³-hybridized carbons (Fsp3) is 0.214. The minimum Gasteiger partial charge on any atom is -0.400 e. The zero-order chi connectivity index (χ0) is 17.3. The first-order chi connectivity index (χ1) is 11.5. The van der Waals surface area contributed by atoms with Crippen LogP contribution in [0, 0.1) is 17.0 Å². The minimum atomic E-state index is -0.622. The molecule has 3 rings (SSSR count). The topological polar surface area (TPSA) is 127 Å². The molecule has 10 heteroatoms. The molecule has 0 saturated carbocycles. The van der Waals surface area contributed by atoms with E-state index in [1.54, 1.807) is 7.11 Å². The lowest BCUT2D eigenvalue weighted by molar-refractivity contribution is -0.401. The molecule has 0 atom stereocenters. The third-order valence-electron chi connectivity index (χ3n) is 3.29. The average molecular weight is 345 g/mol. The molecule has 3 aromatic heterocycles. The molecule has 0 bridgehead atoms. The minimum absolute atomic E-state index is 0.258. The Balaban J connectivity index is 2.31. The quantitative estimate of drug-likeness (QED) is 0.214. The van der Waals surface area contributed by atoms with Gasteiger partial charge in [-0.25, -0.2) is 4.98 Å². The zero-order valence-electron chi connectivity index (χ0n) is 12.7. The van der Waals surface area contributed by atoms with Crippen LogP contribution in [-0.2, 0) is 11.3 Å². The third kappa shape index (κ3) is 2.69. The number of ether oxygens (including phenoxy) is 1. The maximum Gasteiger partial charge on any atom is 0.433 e. The van der Waals surface area contributed by atoms with Crippen molar-refractivity contribution in [3.8, 4) is 10.6 Å². The first-order valence-electron chi connectivity index (χ1n) is 6.76. The Morgan fingerprint density at radius 3 is 2.96 bits per heavy atom. The Kier molecular flexibility index (Phi) is 4.17. The molecule has 0 aliphatic rings. The van der Waals surface area contributed by atoms with Crippen molar-refractivity contribution in [3.05, 3.63) is 50.0 Å². The second-order valence-corrected chi connectivity index (χ2v) is 5.90. The van der Waals surface area contributed by atoms with Gasteiger partial charge in [0, 0.05) is 23.1 Å². The van der Waals surface area contributed by atoms with Crippen LogP contribution in [0.25, 0.3) is 31.3 Å². The molecule has 9 nitrogen and oxygen atoms in total. The summed E-state index contributed by atoms with van der Waals surface area (Å²) >= 11 is 1.25. The van der Waals surface area contributed by atoms with Gasteiger partial charge >= 0.3 is 5.88 Å². The molecule has 0 fully saturated rings. The molecule has 3 heterocycles. The number of aromatic nitrogens is 1. The number of fused-ring (bicyclic) bond motifs is 1. The van der Waals surface area contributed by atoms with Gasteiger partial charge in [-0.2, -0.15) is 0 Å². The molecule has 0 aliphatic carbocycles. The van der Waals surface area contributed by atoms with E-state index in [-0.39, 0.29) is 11.6 Å². The number of nitrogens with zero attached hydrogens (tertiary/aromatic N) is 5. The van der Waals surface area contributed by atoms with Crippen molar-refractivity contribution in [1.29, 1.82) is 0 Å². The number of hydrogen-bond donors (Lipinski definition) is 0. The lowest BCUT2D eigenvalue weighted by atomic mass is 10.1. The number of thiophene rings is 1. The van der Waals surface area contributed by atoms with E-state index in [2.05, 4.69) is 15.0 Å². The summed E-state index contributed by atoms with van der Waals surface area (Å²) in [6, 6.07) is 4.58. The van der Waals surface area contributed by atoms with Crippen LogP contribution in [0.4, 0.5) is 11.6 Å². The van der Waals surface area contributed by atoms with E-state index in [0.717, 1.165) is 11.3 Å². The number of pyridine rings is 1. The molecular formula is C14H11N5O4S. The van der Waals surface area contributed by atoms with E-state index in [4.69, 9.17) is 14.7 Å². The van der Waals surface area contributed by atoms with Crippen LogP contribution in [0.5, 0.6) is 0 Å². The number of methoxy groups -OCH3 is 1. The van der Waals surface area contributed by atoms with Gasteiger partial charge in [0.2, 0.25) is 0 Å². The van der Waals surface area contributed by atoms with Gasteiger partial charge in [-0.3, -0.25) is 10.1 Å². The summed E-state index contributed by atoms with van der Waals surface area (Å²) < 4.78 is 10.5. The summed E-state index contributed by atoms with van der Waals surface area (Å²) in [4.78, 5) is 18.7. The van der Waals surface area contributed by atoms with Crippen molar-refractivity contribution in [2.45, 2.75) is 13.5 Å². The summed E-state index contributed by atoms with van der Waals surface area (Å²) in [5, 5.41) is 15.2. The molecule has 122 valence electrons. The molecule has 3 aromatic rings. The van der Waals surface area contributed by atoms with Crippen molar-refractivity contribution in [3.63, 3.8) is 0 Å². The number of nitro groups is 1. The normalized spacial score (nSPS) is 10.8. The summed E-state index contributed by atoms with van der Waals surface area (Å²) in [6.45, 7) is 2.17.